The van der Waals surface area contributed by atoms with Crippen molar-refractivity contribution in [2.75, 3.05) is 32.3 Å². The topological polar surface area (TPSA) is 186 Å². The van der Waals surface area contributed by atoms with Crippen LogP contribution in [0.1, 0.15) is 25.7 Å². The van der Waals surface area contributed by atoms with Gasteiger partial charge in [0.2, 0.25) is 0 Å². The summed E-state index contributed by atoms with van der Waals surface area (Å²) >= 11 is 0. The van der Waals surface area contributed by atoms with Crippen molar-refractivity contribution in [3.8, 4) is 0 Å². The third kappa shape index (κ3) is 19.0. The monoisotopic (exact) mass is 404 g/mol. The maximum absolute atomic E-state index is 9.07. The molecule has 0 saturated heterocycles. The zero-order chi connectivity index (χ0) is 18.1. The Morgan fingerprint density at radius 1 is 0.783 bits per heavy atom. The van der Waals surface area contributed by atoms with Gasteiger partial charge >= 0.3 is 136 Å². The molecule has 0 rings (SSSR count). The fourth-order valence-corrected chi connectivity index (χ4v) is 4.23. The van der Waals surface area contributed by atoms with E-state index in [4.69, 9.17) is 39.1 Å². The summed E-state index contributed by atoms with van der Waals surface area (Å²) in [5.41, 5.74) is 2.45. The van der Waals surface area contributed by atoms with Gasteiger partial charge in [-0.25, -0.2) is 0 Å². The van der Waals surface area contributed by atoms with E-state index in [9.17, 15) is 0 Å². The van der Waals surface area contributed by atoms with E-state index in [1.54, 1.807) is 0 Å². The van der Waals surface area contributed by atoms with E-state index >= 15 is 0 Å². The van der Waals surface area contributed by atoms with E-state index in [2.05, 4.69) is 10.1 Å². The van der Waals surface area contributed by atoms with Crippen LogP contribution in [0.2, 0.25) is 0 Å². The molecule has 0 atom stereocenters. The molecule has 0 amide bonds. The van der Waals surface area contributed by atoms with Gasteiger partial charge in [-0.1, -0.05) is 0 Å². The Kier molecular flexibility index (Phi) is 11.2. The van der Waals surface area contributed by atoms with Crippen molar-refractivity contribution in [2.45, 2.75) is 25.7 Å². The zero-order valence-corrected chi connectivity index (χ0v) is 16.1. The summed E-state index contributed by atoms with van der Waals surface area (Å²) < 4.78 is 4.62. The summed E-state index contributed by atoms with van der Waals surface area (Å²) in [6.45, 7) is 1.90. The first-order valence-corrected chi connectivity index (χ1v) is 13.6. The van der Waals surface area contributed by atoms with Gasteiger partial charge in [-0.2, -0.15) is 0 Å². The minimum absolute atomic E-state index is 0.259. The van der Waals surface area contributed by atoms with E-state index in [1.807, 2.05) is 0 Å². The van der Waals surface area contributed by atoms with E-state index in [-0.39, 0.29) is 6.54 Å². The van der Waals surface area contributed by atoms with Crippen LogP contribution in [-0.4, -0.2) is 76.4 Å². The number of unbranched alkanes of at least 4 members (excludes halogenated alkanes) is 3. The van der Waals surface area contributed by atoms with Crippen molar-refractivity contribution >= 4 is 23.8 Å². The van der Waals surface area contributed by atoms with Crippen molar-refractivity contribution < 1.29 is 43.8 Å². The van der Waals surface area contributed by atoms with Crippen LogP contribution in [0.15, 0.2) is 0 Å². The molecule has 0 radical (unpaired) electrons. The fraction of sp³-hybridized carbons (Fsp3) is 1.00. The Morgan fingerprint density at radius 2 is 1.26 bits per heavy atom. The predicted octanol–water partition coefficient (Wildman–Crippen LogP) is -1.66. The molecule has 0 spiro atoms. The average molecular weight is 404 g/mol. The molecule has 0 aromatic carbocycles. The molecule has 0 aliphatic rings. The van der Waals surface area contributed by atoms with Crippen LogP contribution < -0.4 is 5.48 Å². The van der Waals surface area contributed by atoms with Crippen LogP contribution in [-0.2, 0) is 4.62 Å². The summed E-state index contributed by atoms with van der Waals surface area (Å²) in [7, 11) is -12.3. The first kappa shape index (κ1) is 23.9. The van der Waals surface area contributed by atoms with Crippen LogP contribution in [0.4, 0.5) is 0 Å². The summed E-state index contributed by atoms with van der Waals surface area (Å²) in [5.74, 6) is 0. The van der Waals surface area contributed by atoms with Crippen LogP contribution in [0.25, 0.3) is 0 Å². The second kappa shape index (κ2) is 10.8. The van der Waals surface area contributed by atoms with Crippen LogP contribution in [0, 0.1) is 0 Å². The van der Waals surface area contributed by atoms with Gasteiger partial charge in [-0.05, 0) is 0 Å². The molecule has 146 valence electrons. The zero-order valence-electron chi connectivity index (χ0n) is 13.1. The van der Waals surface area contributed by atoms with Gasteiger partial charge in [-0.3, -0.25) is 0 Å². The number of hydrogen-bond acceptors (Lipinski definition) is 11. The third-order valence-electron chi connectivity index (χ3n) is 2.64. The van der Waals surface area contributed by atoms with E-state index in [0.717, 1.165) is 12.8 Å². The normalized spacial score (nSPS) is 15.9. The summed E-state index contributed by atoms with van der Waals surface area (Å²) in [6, 6.07) is 0. The maximum atomic E-state index is 9.07. The van der Waals surface area contributed by atoms with E-state index < -0.39 is 36.4 Å². The van der Waals surface area contributed by atoms with Gasteiger partial charge in [0.1, 0.15) is 0 Å². The van der Waals surface area contributed by atoms with E-state index in [0.29, 0.717) is 19.4 Å². The predicted molar refractivity (Wildman–Crippen MR) is 92.6 cm³/mol. The molecule has 0 heterocycles. The molecular weight excluding hydrogens is 373 g/mol. The number of rotatable bonds is 13. The quantitative estimate of drug-likeness (QED) is 0.0971. The summed E-state index contributed by atoms with van der Waals surface area (Å²) in [5, 5.41) is 0. The molecular formula is C9H31N2O9P3. The van der Waals surface area contributed by atoms with E-state index in [1.165, 1.54) is 11.6 Å². The van der Waals surface area contributed by atoms with Crippen molar-refractivity contribution in [2.24, 2.45) is 0 Å². The SMILES string of the molecule is C[PH](O)(O)ONCCCCCCN(C[PH](O)(O)O)C[PH](O)(O)O. The summed E-state index contributed by atoms with van der Waals surface area (Å²) in [4.78, 5) is 73.6. The van der Waals surface area contributed by atoms with Gasteiger partial charge in [0.25, 0.3) is 0 Å². The Labute approximate surface area is 136 Å². The molecule has 11 nitrogen and oxygen atoms in total. The molecule has 0 unspecified atom stereocenters. The van der Waals surface area contributed by atoms with Crippen LogP contribution >= 0.6 is 23.8 Å². The Hall–Kier alpha value is 0.850. The number of nitrogens with one attached hydrogen (secondary N) is 1. The first-order chi connectivity index (χ1) is 10.3. The van der Waals surface area contributed by atoms with Crippen molar-refractivity contribution in [1.82, 2.24) is 10.4 Å². The molecule has 0 aromatic rings. The molecule has 9 N–H and O–H groups in total. The van der Waals surface area contributed by atoms with Crippen molar-refractivity contribution in [1.29, 1.82) is 0 Å². The molecule has 0 saturated carbocycles. The van der Waals surface area contributed by atoms with Gasteiger partial charge in [0.15, 0.2) is 0 Å². The second-order valence-corrected chi connectivity index (χ2v) is 11.4. The van der Waals surface area contributed by atoms with Gasteiger partial charge in [-0.15, -0.1) is 0 Å². The number of hydrogen-bond donors (Lipinski definition) is 9. The fourth-order valence-electron chi connectivity index (χ4n) is 1.89. The van der Waals surface area contributed by atoms with Crippen molar-refractivity contribution in [3.05, 3.63) is 0 Å². The molecule has 0 aliphatic carbocycles. The Morgan fingerprint density at radius 3 is 1.70 bits per heavy atom. The molecule has 0 aliphatic heterocycles. The van der Waals surface area contributed by atoms with Gasteiger partial charge in [0, 0.05) is 0 Å². The molecule has 0 bridgehead atoms. The molecule has 0 fully saturated rings. The average Bonchev–Trinajstić information content (AvgIpc) is 2.26. The summed E-state index contributed by atoms with van der Waals surface area (Å²) in [6.07, 6.45) is 1.80. The Bertz CT molecular complexity index is 303. The van der Waals surface area contributed by atoms with Crippen LogP contribution in [0.5, 0.6) is 0 Å². The standard InChI is InChI=1S/C9H31N2O9P3/c1-21(12,13)20-10-6-4-2-3-5-7-11(8-22(14,15)16)9-23(17,18)19/h10,12-19,21-23H,2-9H2,1H3. The van der Waals surface area contributed by atoms with Crippen LogP contribution in [0.3, 0.4) is 0 Å². The molecule has 23 heavy (non-hydrogen) atoms. The molecule has 0 aromatic heterocycles. The third-order valence-corrected chi connectivity index (χ3v) is 4.91. The van der Waals surface area contributed by atoms with Gasteiger partial charge in [0.05, 0.1) is 0 Å². The Balaban J connectivity index is 3.86. The van der Waals surface area contributed by atoms with Crippen molar-refractivity contribution in [3.63, 3.8) is 0 Å². The molecule has 14 heteroatoms. The van der Waals surface area contributed by atoms with Gasteiger partial charge < -0.3 is 0 Å². The first-order valence-electron chi connectivity index (χ1n) is 7.21. The second-order valence-electron chi connectivity index (χ2n) is 5.60. The number of nitrogens with zero attached hydrogens (tertiary/aromatic N) is 1. The number of hydroxylamine groups is 1. The minimum atomic E-state index is -4.38.